The van der Waals surface area contributed by atoms with Crippen molar-refractivity contribution in [2.24, 2.45) is 5.14 Å². The van der Waals surface area contributed by atoms with Gasteiger partial charge in [0.05, 0.1) is 60.6 Å². The summed E-state index contributed by atoms with van der Waals surface area (Å²) in [6.07, 6.45) is -0.520. The maximum absolute atomic E-state index is 13.8. The predicted molar refractivity (Wildman–Crippen MR) is 174 cm³/mol. The van der Waals surface area contributed by atoms with E-state index in [1.165, 1.54) is 19.3 Å². The van der Waals surface area contributed by atoms with Gasteiger partial charge in [-0.05, 0) is 50.2 Å². The molecule has 3 aromatic rings. The zero-order valence-corrected chi connectivity index (χ0v) is 29.2. The van der Waals surface area contributed by atoms with Gasteiger partial charge in [0.15, 0.2) is 0 Å². The van der Waals surface area contributed by atoms with Gasteiger partial charge in [0.1, 0.15) is 35.5 Å². The Bertz CT molecular complexity index is 1880. The number of rotatable bonds is 14. The van der Waals surface area contributed by atoms with Gasteiger partial charge < -0.3 is 38.5 Å². The molecule has 1 aliphatic heterocycles. The molecule has 0 spiro atoms. The minimum atomic E-state index is -4.31. The van der Waals surface area contributed by atoms with Gasteiger partial charge in [-0.3, -0.25) is 14.5 Å². The zero-order valence-electron chi connectivity index (χ0n) is 27.6. The van der Waals surface area contributed by atoms with E-state index in [4.69, 9.17) is 44.8 Å². The first-order valence-electron chi connectivity index (χ1n) is 15.4. The molecule has 1 aromatic heterocycles. The maximum atomic E-state index is 13.8. The number of halogens is 3. The molecule has 1 fully saturated rings. The molecule has 0 saturated carbocycles. The standard InChI is InChI=1S/C32H34ClF2N3O13S/c1-18-16-51-32(43,20-10-21(34)12-22(35)11-20)19(2)38(18)31(42)50-17-49-29(40)6-5-28(39)47-8-9-48-30(41)24-13-27(52(36,44)45)25(33)14-26(24)37-15-23-4-3-7-46-23/h3-4,7,10-14,18-19,37,43H,5-6,8-9,15-17H2,1-2H3,(H2,36,44,45)/t18-,19+,32-/m1/s1. The highest BCUT2D eigenvalue weighted by molar-refractivity contribution is 7.89. The summed E-state index contributed by atoms with van der Waals surface area (Å²) < 4.78 is 82.1. The molecule has 4 rings (SSSR count). The highest BCUT2D eigenvalue weighted by atomic mass is 35.5. The Hall–Kier alpha value is -4.82. The number of furan rings is 1. The van der Waals surface area contributed by atoms with Crippen molar-refractivity contribution in [1.29, 1.82) is 0 Å². The molecule has 20 heteroatoms. The van der Waals surface area contributed by atoms with E-state index in [0.29, 0.717) is 11.8 Å². The van der Waals surface area contributed by atoms with Gasteiger partial charge in [-0.15, -0.1) is 0 Å². The average molecular weight is 774 g/mol. The third-order valence-corrected chi connectivity index (χ3v) is 9.01. The molecule has 282 valence electrons. The van der Waals surface area contributed by atoms with E-state index in [0.717, 1.165) is 23.1 Å². The van der Waals surface area contributed by atoms with Crippen LogP contribution in [0.3, 0.4) is 0 Å². The molecule has 0 bridgehead atoms. The van der Waals surface area contributed by atoms with Crippen molar-refractivity contribution in [3.63, 3.8) is 0 Å². The first kappa shape index (κ1) is 40.0. The summed E-state index contributed by atoms with van der Waals surface area (Å²) in [5.74, 6) is -6.51. The number of hydrogen-bond donors (Lipinski definition) is 3. The molecule has 0 aliphatic carbocycles. The van der Waals surface area contributed by atoms with Gasteiger partial charge in [-0.25, -0.2) is 31.9 Å². The summed E-state index contributed by atoms with van der Waals surface area (Å²) in [5.41, 5.74) is -0.386. The quantitative estimate of drug-likeness (QED) is 0.0923. The van der Waals surface area contributed by atoms with Gasteiger partial charge >= 0.3 is 24.0 Å². The fourth-order valence-electron chi connectivity index (χ4n) is 5.06. The number of sulfonamides is 1. The largest absolute Gasteiger partial charge is 0.467 e. The molecule has 1 amide bonds. The SMILES string of the molecule is C[C@@H]1CO[C@@](O)(c2cc(F)cc(F)c2)[C@H](C)N1C(=O)OCOC(=O)CCC(=O)OCCOC(=O)c1cc(S(N)(=O)=O)c(Cl)cc1NCc1ccco1. The Morgan fingerprint density at radius 3 is 2.31 bits per heavy atom. The van der Waals surface area contributed by atoms with Gasteiger partial charge in [-0.1, -0.05) is 11.6 Å². The topological polar surface area (TPSA) is 223 Å². The molecule has 4 N–H and O–H groups in total. The van der Waals surface area contributed by atoms with Crippen molar-refractivity contribution in [3.05, 3.63) is 82.3 Å². The number of benzene rings is 2. The number of hydrogen-bond acceptors (Lipinski definition) is 14. The van der Waals surface area contributed by atoms with E-state index in [1.54, 1.807) is 19.1 Å². The van der Waals surface area contributed by atoms with Crippen molar-refractivity contribution in [1.82, 2.24) is 4.90 Å². The number of primary sulfonamides is 1. The van der Waals surface area contributed by atoms with E-state index < -0.39 is 101 Å². The van der Waals surface area contributed by atoms with Crippen LogP contribution < -0.4 is 10.5 Å². The van der Waals surface area contributed by atoms with Gasteiger partial charge in [0, 0.05) is 11.6 Å². The number of anilines is 1. The van der Waals surface area contributed by atoms with Crippen molar-refractivity contribution in [3.8, 4) is 0 Å². The molecule has 1 aliphatic rings. The fraction of sp³-hybridized carbons (Fsp3) is 0.375. The van der Waals surface area contributed by atoms with Gasteiger partial charge in [0.2, 0.25) is 22.6 Å². The minimum Gasteiger partial charge on any atom is -0.467 e. The number of nitrogens with two attached hydrogens (primary N) is 1. The number of nitrogens with one attached hydrogen (secondary N) is 1. The van der Waals surface area contributed by atoms with Crippen LogP contribution in [0.15, 0.2) is 58.0 Å². The predicted octanol–water partition coefficient (Wildman–Crippen LogP) is 3.54. The van der Waals surface area contributed by atoms with Crippen molar-refractivity contribution in [2.45, 2.75) is 56.0 Å². The van der Waals surface area contributed by atoms with Crippen LogP contribution in [0.2, 0.25) is 5.02 Å². The van der Waals surface area contributed by atoms with E-state index >= 15 is 0 Å². The lowest BCUT2D eigenvalue weighted by atomic mass is 9.94. The molecule has 1 saturated heterocycles. The molecule has 52 heavy (non-hydrogen) atoms. The Morgan fingerprint density at radius 1 is 1.02 bits per heavy atom. The number of nitrogens with zero attached hydrogens (tertiary/aromatic N) is 1. The lowest BCUT2D eigenvalue weighted by molar-refractivity contribution is -0.280. The number of ether oxygens (including phenoxy) is 5. The maximum Gasteiger partial charge on any atom is 0.413 e. The molecule has 0 radical (unpaired) electrons. The van der Waals surface area contributed by atoms with Crippen LogP contribution in [-0.2, 0) is 55.6 Å². The van der Waals surface area contributed by atoms with Crippen LogP contribution in [0.4, 0.5) is 19.3 Å². The van der Waals surface area contributed by atoms with Crippen LogP contribution >= 0.6 is 11.6 Å². The summed E-state index contributed by atoms with van der Waals surface area (Å²) in [7, 11) is -4.31. The summed E-state index contributed by atoms with van der Waals surface area (Å²) >= 11 is 6.07. The van der Waals surface area contributed by atoms with Crippen LogP contribution in [0.25, 0.3) is 0 Å². The fourth-order valence-corrected chi connectivity index (χ4v) is 6.16. The van der Waals surface area contributed by atoms with E-state index in [1.807, 2.05) is 0 Å². The lowest BCUT2D eigenvalue weighted by Crippen LogP contribution is -2.62. The first-order chi connectivity index (χ1) is 24.5. The molecule has 3 atom stereocenters. The second kappa shape index (κ2) is 17.1. The Morgan fingerprint density at radius 2 is 1.67 bits per heavy atom. The van der Waals surface area contributed by atoms with Crippen LogP contribution in [0, 0.1) is 11.6 Å². The number of carbonyl (C=O) groups is 4. The Kier molecular flexibility index (Phi) is 13.2. The van der Waals surface area contributed by atoms with Crippen molar-refractivity contribution in [2.75, 3.05) is 31.9 Å². The van der Waals surface area contributed by atoms with E-state index in [-0.39, 0.29) is 35.0 Å². The molecule has 2 heterocycles. The molecule has 0 unspecified atom stereocenters. The van der Waals surface area contributed by atoms with Crippen LogP contribution in [0.5, 0.6) is 0 Å². The Labute approximate surface area is 300 Å². The highest BCUT2D eigenvalue weighted by Crippen LogP contribution is 2.36. The molecule has 16 nitrogen and oxygen atoms in total. The van der Waals surface area contributed by atoms with Gasteiger partial charge in [-0.2, -0.15) is 0 Å². The van der Waals surface area contributed by atoms with Crippen LogP contribution in [0.1, 0.15) is 48.4 Å². The average Bonchev–Trinajstić information content (AvgIpc) is 3.59. The lowest BCUT2D eigenvalue weighted by Gasteiger charge is -2.47. The third kappa shape index (κ3) is 10.2. The van der Waals surface area contributed by atoms with Crippen LogP contribution in [-0.4, -0.2) is 81.1 Å². The third-order valence-electron chi connectivity index (χ3n) is 7.64. The smallest absolute Gasteiger partial charge is 0.413 e. The second-order valence-electron chi connectivity index (χ2n) is 11.3. The van der Waals surface area contributed by atoms with E-state index in [2.05, 4.69) is 5.32 Å². The summed E-state index contributed by atoms with van der Waals surface area (Å²) in [5, 5.41) is 19.0. The number of esters is 3. The molecular weight excluding hydrogens is 740 g/mol. The summed E-state index contributed by atoms with van der Waals surface area (Å²) in [4.78, 5) is 50.5. The number of carbonyl (C=O) groups excluding carboxylic acids is 4. The van der Waals surface area contributed by atoms with Crippen molar-refractivity contribution >= 4 is 51.3 Å². The Balaban J connectivity index is 1.20. The number of amides is 1. The monoisotopic (exact) mass is 773 g/mol. The van der Waals surface area contributed by atoms with Crippen molar-refractivity contribution < 1.29 is 69.6 Å². The minimum absolute atomic E-state index is 0.107. The summed E-state index contributed by atoms with van der Waals surface area (Å²) in [6.45, 7) is 1.10. The molecular formula is C32H34ClF2N3O13S. The first-order valence-corrected chi connectivity index (χ1v) is 17.3. The van der Waals surface area contributed by atoms with Gasteiger partial charge in [0.25, 0.3) is 0 Å². The van der Waals surface area contributed by atoms with E-state index in [9.17, 15) is 41.5 Å². The number of aliphatic hydroxyl groups is 1. The molecule has 2 aromatic carbocycles. The highest BCUT2D eigenvalue weighted by Gasteiger charge is 2.49. The number of morpholine rings is 1. The normalized spacial score (nSPS) is 18.7. The summed E-state index contributed by atoms with van der Waals surface area (Å²) in [6, 6.07) is 5.94. The second-order valence-corrected chi connectivity index (χ2v) is 13.2. The zero-order chi connectivity index (χ0) is 38.2.